The Hall–Kier alpha value is -2.96. The summed E-state index contributed by atoms with van der Waals surface area (Å²) >= 11 is 0. The van der Waals surface area contributed by atoms with Gasteiger partial charge in [-0.2, -0.15) is 0 Å². The quantitative estimate of drug-likeness (QED) is 0.764. The Morgan fingerprint density at radius 1 is 1.17 bits per heavy atom. The molecule has 24 heavy (non-hydrogen) atoms. The predicted octanol–water partition coefficient (Wildman–Crippen LogP) is 1.49. The van der Waals surface area contributed by atoms with E-state index in [1.165, 1.54) is 13.4 Å². The molecule has 2 aromatic rings. The first-order valence-electron chi connectivity index (χ1n) is 7.45. The lowest BCUT2D eigenvalue weighted by molar-refractivity contribution is -0.129. The van der Waals surface area contributed by atoms with Gasteiger partial charge >= 0.3 is 0 Å². The fraction of sp³-hybridized carbons (Fsp3) is 0.294. The Labute approximate surface area is 139 Å². The smallest absolute Gasteiger partial charge is 0.258 e. The van der Waals surface area contributed by atoms with Crippen molar-refractivity contribution in [3.63, 3.8) is 0 Å². The van der Waals surface area contributed by atoms with Crippen molar-refractivity contribution < 1.29 is 23.5 Å². The number of hydrogen-bond donors (Lipinski definition) is 2. The van der Waals surface area contributed by atoms with Gasteiger partial charge in [-0.25, -0.2) is 0 Å². The van der Waals surface area contributed by atoms with Gasteiger partial charge in [0.2, 0.25) is 5.91 Å². The van der Waals surface area contributed by atoms with Crippen molar-refractivity contribution in [2.24, 2.45) is 0 Å². The largest absolute Gasteiger partial charge is 0.493 e. The number of carbonyl (C=O) groups is 2. The summed E-state index contributed by atoms with van der Waals surface area (Å²) in [5.41, 5.74) is 0. The van der Waals surface area contributed by atoms with Crippen LogP contribution in [0.2, 0.25) is 0 Å². The van der Waals surface area contributed by atoms with Crippen molar-refractivity contribution in [2.75, 3.05) is 13.7 Å². The summed E-state index contributed by atoms with van der Waals surface area (Å²) in [4.78, 5) is 23.8. The van der Waals surface area contributed by atoms with Crippen molar-refractivity contribution in [3.05, 3.63) is 48.4 Å². The average Bonchev–Trinajstić information content (AvgIpc) is 3.11. The number of methoxy groups -OCH3 is 1. The fourth-order valence-corrected chi connectivity index (χ4v) is 1.97. The highest BCUT2D eigenvalue weighted by atomic mass is 16.5. The molecule has 0 saturated heterocycles. The van der Waals surface area contributed by atoms with E-state index in [-0.39, 0.29) is 19.1 Å². The number of furan rings is 1. The van der Waals surface area contributed by atoms with Crippen LogP contribution in [0.3, 0.4) is 0 Å². The number of nitrogens with one attached hydrogen (secondary N) is 2. The lowest BCUT2D eigenvalue weighted by atomic mass is 10.3. The number of rotatable bonds is 8. The van der Waals surface area contributed by atoms with E-state index in [0.717, 1.165) is 0 Å². The Morgan fingerprint density at radius 3 is 2.58 bits per heavy atom. The van der Waals surface area contributed by atoms with Crippen LogP contribution in [-0.4, -0.2) is 31.6 Å². The van der Waals surface area contributed by atoms with Crippen LogP contribution in [0.4, 0.5) is 0 Å². The van der Waals surface area contributed by atoms with Crippen LogP contribution in [0.1, 0.15) is 12.7 Å². The molecule has 1 atom stereocenters. The molecule has 0 bridgehead atoms. The minimum Gasteiger partial charge on any atom is -0.493 e. The van der Waals surface area contributed by atoms with Crippen LogP contribution in [0.5, 0.6) is 11.5 Å². The molecule has 0 radical (unpaired) electrons. The van der Waals surface area contributed by atoms with Gasteiger partial charge in [0, 0.05) is 0 Å². The van der Waals surface area contributed by atoms with Crippen LogP contribution >= 0.6 is 0 Å². The first-order chi connectivity index (χ1) is 11.6. The second kappa shape index (κ2) is 8.61. The van der Waals surface area contributed by atoms with Gasteiger partial charge in [0.1, 0.15) is 11.8 Å². The van der Waals surface area contributed by atoms with E-state index < -0.39 is 11.9 Å². The zero-order valence-corrected chi connectivity index (χ0v) is 13.6. The molecule has 7 heteroatoms. The van der Waals surface area contributed by atoms with E-state index in [9.17, 15) is 9.59 Å². The molecule has 0 fully saturated rings. The molecular formula is C17H20N2O5. The van der Waals surface area contributed by atoms with Gasteiger partial charge < -0.3 is 24.5 Å². The molecule has 1 aromatic heterocycles. The Balaban J connectivity index is 1.75. The van der Waals surface area contributed by atoms with Crippen LogP contribution in [0.25, 0.3) is 0 Å². The molecule has 2 N–H and O–H groups in total. The maximum atomic E-state index is 11.9. The van der Waals surface area contributed by atoms with E-state index in [2.05, 4.69) is 10.6 Å². The second-order valence-corrected chi connectivity index (χ2v) is 5.03. The Morgan fingerprint density at radius 2 is 1.92 bits per heavy atom. The highest BCUT2D eigenvalue weighted by Crippen LogP contribution is 2.25. The summed E-state index contributed by atoms with van der Waals surface area (Å²) in [5, 5.41) is 5.24. The zero-order valence-electron chi connectivity index (χ0n) is 13.6. The Kier molecular flexibility index (Phi) is 6.24. The minimum atomic E-state index is -0.686. The number of para-hydroxylation sites is 2. The number of carbonyl (C=O) groups excluding carboxylic acids is 2. The number of ether oxygens (including phenoxy) is 2. The first-order valence-corrected chi connectivity index (χ1v) is 7.45. The maximum Gasteiger partial charge on any atom is 0.258 e. The molecular weight excluding hydrogens is 312 g/mol. The van der Waals surface area contributed by atoms with Gasteiger partial charge in [0.25, 0.3) is 5.91 Å². The third-order valence-corrected chi connectivity index (χ3v) is 3.22. The topological polar surface area (TPSA) is 89.8 Å². The van der Waals surface area contributed by atoms with Gasteiger partial charge in [-0.15, -0.1) is 0 Å². The highest BCUT2D eigenvalue weighted by Gasteiger charge is 2.16. The molecule has 0 aliphatic heterocycles. The maximum absolute atomic E-state index is 11.9. The fourth-order valence-electron chi connectivity index (χ4n) is 1.97. The van der Waals surface area contributed by atoms with Crippen molar-refractivity contribution in [1.82, 2.24) is 10.6 Å². The molecule has 2 rings (SSSR count). The average molecular weight is 332 g/mol. The van der Waals surface area contributed by atoms with E-state index >= 15 is 0 Å². The van der Waals surface area contributed by atoms with Gasteiger partial charge in [-0.1, -0.05) is 12.1 Å². The van der Waals surface area contributed by atoms with Crippen molar-refractivity contribution in [2.45, 2.75) is 19.5 Å². The van der Waals surface area contributed by atoms with Crippen molar-refractivity contribution in [3.8, 4) is 11.5 Å². The summed E-state index contributed by atoms with van der Waals surface area (Å²) in [6, 6.07) is 9.82. The third kappa shape index (κ3) is 5.05. The molecule has 2 amide bonds. The molecule has 0 spiro atoms. The van der Waals surface area contributed by atoms with Crippen molar-refractivity contribution >= 4 is 11.8 Å². The van der Waals surface area contributed by atoms with Crippen LogP contribution in [-0.2, 0) is 16.1 Å². The van der Waals surface area contributed by atoms with E-state index in [1.807, 2.05) is 0 Å². The van der Waals surface area contributed by atoms with Crippen molar-refractivity contribution in [1.29, 1.82) is 0 Å². The highest BCUT2D eigenvalue weighted by molar-refractivity contribution is 5.87. The zero-order chi connectivity index (χ0) is 17.4. The van der Waals surface area contributed by atoms with Crippen LogP contribution < -0.4 is 20.1 Å². The third-order valence-electron chi connectivity index (χ3n) is 3.22. The molecule has 1 aromatic carbocycles. The molecule has 0 aliphatic rings. The standard InChI is InChI=1S/C17H20N2O5/c1-12(17(21)18-10-13-6-5-9-23-13)19-16(20)11-24-15-8-4-3-7-14(15)22-2/h3-9,12H,10-11H2,1-2H3,(H,18,21)(H,19,20). The monoisotopic (exact) mass is 332 g/mol. The van der Waals surface area contributed by atoms with E-state index in [0.29, 0.717) is 17.3 Å². The number of amides is 2. The van der Waals surface area contributed by atoms with E-state index in [4.69, 9.17) is 13.9 Å². The summed E-state index contributed by atoms with van der Waals surface area (Å²) < 4.78 is 15.7. The lowest BCUT2D eigenvalue weighted by Crippen LogP contribution is -2.46. The van der Waals surface area contributed by atoms with E-state index in [1.54, 1.807) is 43.3 Å². The number of hydrogen-bond acceptors (Lipinski definition) is 5. The van der Waals surface area contributed by atoms with Gasteiger partial charge in [-0.3, -0.25) is 9.59 Å². The lowest BCUT2D eigenvalue weighted by Gasteiger charge is -2.14. The molecule has 1 unspecified atom stereocenters. The summed E-state index contributed by atoms with van der Waals surface area (Å²) in [5.74, 6) is 0.930. The van der Waals surface area contributed by atoms with Gasteiger partial charge in [-0.05, 0) is 31.2 Å². The Bertz CT molecular complexity index is 669. The second-order valence-electron chi connectivity index (χ2n) is 5.03. The first kappa shape index (κ1) is 17.4. The van der Waals surface area contributed by atoms with Crippen LogP contribution in [0.15, 0.2) is 47.1 Å². The summed E-state index contributed by atoms with van der Waals surface area (Å²) in [6.07, 6.45) is 1.53. The summed E-state index contributed by atoms with van der Waals surface area (Å²) in [6.45, 7) is 1.65. The van der Waals surface area contributed by atoms with Gasteiger partial charge in [0.15, 0.2) is 18.1 Å². The molecule has 1 heterocycles. The molecule has 7 nitrogen and oxygen atoms in total. The molecule has 128 valence electrons. The molecule has 0 aliphatic carbocycles. The van der Waals surface area contributed by atoms with Crippen LogP contribution in [0, 0.1) is 0 Å². The van der Waals surface area contributed by atoms with Gasteiger partial charge in [0.05, 0.1) is 19.9 Å². The molecule has 0 saturated carbocycles. The summed E-state index contributed by atoms with van der Waals surface area (Å²) in [7, 11) is 1.52. The number of benzene rings is 1. The minimum absolute atomic E-state index is 0.212. The predicted molar refractivity (Wildman–Crippen MR) is 86.6 cm³/mol. The SMILES string of the molecule is COc1ccccc1OCC(=O)NC(C)C(=O)NCc1ccco1. The normalized spacial score (nSPS) is 11.4.